The van der Waals surface area contributed by atoms with E-state index in [1.54, 1.807) is 5.32 Å². The molecule has 2 unspecified atom stereocenters. The van der Waals surface area contributed by atoms with Gasteiger partial charge in [-0.25, -0.2) is 13.6 Å². The van der Waals surface area contributed by atoms with Crippen LogP contribution in [-0.4, -0.2) is 103 Å². The minimum atomic E-state index is -5.30. The Morgan fingerprint density at radius 3 is 2.27 bits per heavy atom. The quantitative estimate of drug-likeness (QED) is 0.109. The van der Waals surface area contributed by atoms with E-state index >= 15 is 4.39 Å². The summed E-state index contributed by atoms with van der Waals surface area (Å²) in [6.45, 7) is -0.00712. The van der Waals surface area contributed by atoms with Gasteiger partial charge in [-0.2, -0.15) is 18.2 Å². The van der Waals surface area contributed by atoms with Crippen LogP contribution in [0.1, 0.15) is 5.56 Å². The first-order valence-corrected chi connectivity index (χ1v) is 14.1. The van der Waals surface area contributed by atoms with Crippen molar-refractivity contribution >= 4 is 71.5 Å². The molecule has 2 saturated heterocycles. The zero-order valence-corrected chi connectivity index (χ0v) is 24.1. The van der Waals surface area contributed by atoms with Crippen molar-refractivity contribution in [2.45, 2.75) is 40.1 Å². The van der Waals surface area contributed by atoms with E-state index in [1.165, 1.54) is 0 Å². The Hall–Kier alpha value is -2.31. The molecule has 4 heterocycles. The lowest BCUT2D eigenvalue weighted by Gasteiger charge is -2.64. The number of rotatable bonds is 2. The van der Waals surface area contributed by atoms with E-state index in [2.05, 4.69) is 4.98 Å². The molecular formula is C24H16B4ClF5N4O6S. The average Bonchev–Trinajstić information content (AvgIpc) is 3.05. The number of anilines is 1. The molecule has 2 atom stereocenters. The Morgan fingerprint density at radius 1 is 1.04 bits per heavy atom. The van der Waals surface area contributed by atoms with Crippen LogP contribution in [0.2, 0.25) is 5.02 Å². The van der Waals surface area contributed by atoms with Crippen LogP contribution in [-0.2, 0) is 17.5 Å². The highest BCUT2D eigenvalue weighted by Gasteiger charge is 2.65. The third-order valence-corrected chi connectivity index (χ3v) is 9.73. The zero-order valence-electron chi connectivity index (χ0n) is 22.5. The molecule has 0 amide bonds. The number of benzene rings is 2. The summed E-state index contributed by atoms with van der Waals surface area (Å²) >= 11 is 6.63. The van der Waals surface area contributed by atoms with Crippen LogP contribution < -0.4 is 15.9 Å². The Balaban J connectivity index is 1.81. The molecule has 5 N–H and O–H groups in total. The van der Waals surface area contributed by atoms with Gasteiger partial charge in [-0.05, 0) is 17.5 Å². The molecule has 1 spiro atoms. The van der Waals surface area contributed by atoms with Crippen LogP contribution in [0.3, 0.4) is 0 Å². The summed E-state index contributed by atoms with van der Waals surface area (Å²) < 4.78 is 80.4. The highest BCUT2D eigenvalue weighted by Crippen LogP contribution is 2.52. The van der Waals surface area contributed by atoms with E-state index in [1.807, 2.05) is 0 Å². The highest BCUT2D eigenvalue weighted by molar-refractivity contribution is 7.99. The van der Waals surface area contributed by atoms with Crippen molar-refractivity contribution in [3.8, 4) is 11.1 Å². The van der Waals surface area contributed by atoms with Gasteiger partial charge in [0.05, 0.1) is 50.6 Å². The lowest BCUT2D eigenvalue weighted by Crippen LogP contribution is -2.91. The lowest BCUT2D eigenvalue weighted by molar-refractivity contribution is -0.287. The van der Waals surface area contributed by atoms with Crippen molar-refractivity contribution < 1.29 is 47.1 Å². The monoisotopic (exact) mass is 662 g/mol. The molecule has 0 saturated carbocycles. The van der Waals surface area contributed by atoms with E-state index in [0.717, 1.165) is 16.3 Å². The van der Waals surface area contributed by atoms with Gasteiger partial charge in [0.15, 0.2) is 0 Å². The second-order valence-electron chi connectivity index (χ2n) is 11.3. The number of alkyl halides is 3. The van der Waals surface area contributed by atoms with Crippen LogP contribution >= 0.6 is 23.4 Å². The van der Waals surface area contributed by atoms with Gasteiger partial charge < -0.3 is 25.2 Å². The Morgan fingerprint density at radius 2 is 1.69 bits per heavy atom. The van der Waals surface area contributed by atoms with Crippen molar-refractivity contribution in [3.63, 3.8) is 0 Å². The number of aliphatic hydroxyl groups is 4. The topological polar surface area (TPSA) is 140 Å². The van der Waals surface area contributed by atoms with Crippen LogP contribution in [0.4, 0.5) is 27.8 Å². The molecule has 0 aliphatic carbocycles. The van der Waals surface area contributed by atoms with Gasteiger partial charge in [0, 0.05) is 45.2 Å². The average molecular weight is 662 g/mol. The van der Waals surface area contributed by atoms with Gasteiger partial charge in [0.25, 0.3) is 5.91 Å². The summed E-state index contributed by atoms with van der Waals surface area (Å²) in [5.74, 6) is -7.76. The first-order valence-electron chi connectivity index (χ1n) is 12.7. The molecule has 3 aliphatic rings. The second-order valence-corrected chi connectivity index (χ2v) is 12.7. The van der Waals surface area contributed by atoms with Crippen molar-refractivity contribution in [3.05, 3.63) is 50.9 Å². The summed E-state index contributed by atoms with van der Waals surface area (Å²) in [7, 11) is 23.0. The number of thioether (sulfide) groups is 1. The Kier molecular flexibility index (Phi) is 7.14. The molecule has 8 radical (unpaired) electrons. The Labute approximate surface area is 264 Å². The normalized spacial score (nSPS) is 26.9. The molecule has 3 aromatic rings. The number of aromatic nitrogens is 2. The van der Waals surface area contributed by atoms with Crippen molar-refractivity contribution in [2.75, 3.05) is 23.9 Å². The summed E-state index contributed by atoms with van der Waals surface area (Å²) in [4.78, 5) is 16.8. The maximum Gasteiger partial charge on any atom is 0.417 e. The van der Waals surface area contributed by atoms with Crippen molar-refractivity contribution in [2.24, 2.45) is 5.41 Å². The van der Waals surface area contributed by atoms with Gasteiger partial charge in [-0.3, -0.25) is 14.8 Å². The second kappa shape index (κ2) is 9.85. The number of ether oxygens (including phenoxy) is 1. The number of nitrogens with zero attached hydrogens (tertiary/aromatic N) is 3. The van der Waals surface area contributed by atoms with Gasteiger partial charge in [0.2, 0.25) is 0 Å². The molecule has 45 heavy (non-hydrogen) atoms. The number of hydrogen-bond acceptors (Lipinski definition) is 10. The first kappa shape index (κ1) is 32.6. The van der Waals surface area contributed by atoms with E-state index in [9.17, 15) is 42.8 Å². The highest BCUT2D eigenvalue weighted by atomic mass is 35.5. The summed E-state index contributed by atoms with van der Waals surface area (Å²) in [5, 5.41) is 41.1. The van der Waals surface area contributed by atoms with E-state index in [4.69, 9.17) is 47.7 Å². The Bertz CT molecular complexity index is 1820. The molecule has 10 nitrogen and oxygen atoms in total. The van der Waals surface area contributed by atoms with Crippen LogP contribution in [0.5, 0.6) is 0 Å². The molecule has 2 fully saturated rings. The van der Waals surface area contributed by atoms with Crippen molar-refractivity contribution in [1.29, 1.82) is 0 Å². The largest absolute Gasteiger partial charge is 0.417 e. The number of halogens is 6. The first-order chi connectivity index (χ1) is 20.5. The van der Waals surface area contributed by atoms with Crippen molar-refractivity contribution in [1.82, 2.24) is 14.9 Å². The predicted octanol–water partition coefficient (Wildman–Crippen LogP) is -0.196. The molecule has 6 rings (SSSR count). The fourth-order valence-electron chi connectivity index (χ4n) is 5.62. The number of nitrogens with one attached hydrogen (secondary N) is 1. The minimum Gasteiger partial charge on any atom is -0.380 e. The summed E-state index contributed by atoms with van der Waals surface area (Å²) in [6, 6.07) is 1.33. The lowest BCUT2D eigenvalue weighted by atomic mass is 9.47. The van der Waals surface area contributed by atoms with E-state index in [-0.39, 0.29) is 40.8 Å². The zero-order chi connectivity index (χ0) is 33.3. The fraction of sp³-hybridized carbons (Fsp3) is 0.417. The fourth-order valence-corrected chi connectivity index (χ4v) is 7.21. The molecule has 21 heteroatoms. The minimum absolute atomic E-state index is 0.0407. The van der Waals surface area contributed by atoms with Gasteiger partial charge in [0.1, 0.15) is 38.8 Å². The summed E-state index contributed by atoms with van der Waals surface area (Å²) in [5.41, 5.74) is -12.5. The SMILES string of the molecule is [B]C1([B])NC([B])(O)C(O)(O)N(c2nc(=O)n3c4c(c(-c5cc(Cl)c(F)cc5F)c(C(F)(F)F)cc24)SCC2(COC2)C3)C1([B])O. The number of piperazine rings is 1. The van der Waals surface area contributed by atoms with Gasteiger partial charge >= 0.3 is 11.9 Å². The van der Waals surface area contributed by atoms with Crippen LogP contribution in [0.15, 0.2) is 27.9 Å². The molecule has 2 aromatic carbocycles. The van der Waals surface area contributed by atoms with Crippen LogP contribution in [0, 0.1) is 17.0 Å². The van der Waals surface area contributed by atoms with Gasteiger partial charge in [-0.15, -0.1) is 11.8 Å². The smallest absolute Gasteiger partial charge is 0.380 e. The third-order valence-electron chi connectivity index (χ3n) is 8.00. The maximum atomic E-state index is 15.3. The van der Waals surface area contributed by atoms with Crippen LogP contribution in [0.25, 0.3) is 22.0 Å². The van der Waals surface area contributed by atoms with E-state index < -0.39 is 84.3 Å². The predicted molar refractivity (Wildman–Crippen MR) is 154 cm³/mol. The summed E-state index contributed by atoms with van der Waals surface area (Å²) in [6.07, 6.45) is -5.30. The molecule has 0 bridgehead atoms. The molecule has 228 valence electrons. The third kappa shape index (κ3) is 4.66. The number of hydrogen-bond donors (Lipinski definition) is 5. The maximum absolute atomic E-state index is 15.3. The van der Waals surface area contributed by atoms with Gasteiger partial charge in [-0.1, -0.05) is 11.6 Å². The van der Waals surface area contributed by atoms with E-state index in [0.29, 0.717) is 18.2 Å². The molecule has 1 aromatic heterocycles. The standard InChI is InChI=1S/C24H16B4ClF5N4O6S/c25-21(26)23(28,41)38(24(42,43)22(27,40)36-21)17-9-1-10(20(32,33)34)14(8-2-11(29)13(31)3-12(8)30)16-15(9)37(18(39)35-17)4-19(7-45-16)5-44-6-19/h1-3,36,40-43H,4-7H2. The molecule has 3 aliphatic heterocycles. The molecular weight excluding hydrogens is 646 g/mol.